The molecule has 0 radical (unpaired) electrons. The Morgan fingerprint density at radius 1 is 0.275 bits per heavy atom. The minimum absolute atomic E-state index is 0.587. The van der Waals surface area contributed by atoms with E-state index in [4.69, 9.17) is 15.0 Å². The number of fused-ring (bicyclic) bond motifs is 3. The average Bonchev–Trinajstić information content (AvgIpc) is 3.74. The van der Waals surface area contributed by atoms with Gasteiger partial charge in [-0.05, 0) is 67.8 Å². The van der Waals surface area contributed by atoms with E-state index in [1.165, 1.54) is 33.4 Å². The summed E-state index contributed by atoms with van der Waals surface area (Å²) in [5.74, 6) is 1.84. The van der Waals surface area contributed by atoms with Crippen LogP contribution in [0.5, 0.6) is 0 Å². The fourth-order valence-electron chi connectivity index (χ4n) is 10.3. The van der Waals surface area contributed by atoms with Gasteiger partial charge in [-0.15, -0.1) is 0 Å². The molecule has 0 unspecified atom stereocenters. The Labute approximate surface area is 402 Å². The van der Waals surface area contributed by atoms with Crippen molar-refractivity contribution in [2.45, 2.75) is 5.41 Å². The number of nitrogens with zero attached hydrogens (tertiary/aromatic N) is 3. The van der Waals surface area contributed by atoms with Gasteiger partial charge >= 0.3 is 0 Å². The van der Waals surface area contributed by atoms with Gasteiger partial charge in [0.1, 0.15) is 0 Å². The van der Waals surface area contributed by atoms with Gasteiger partial charge in [-0.1, -0.05) is 255 Å². The van der Waals surface area contributed by atoms with E-state index in [1.807, 2.05) is 121 Å². The zero-order valence-electron chi connectivity index (χ0n) is 37.6. The minimum Gasteiger partial charge on any atom is -0.309 e. The van der Waals surface area contributed by atoms with Gasteiger partial charge in [0.15, 0.2) is 24.6 Å². The Hall–Kier alpha value is -8.56. The van der Waals surface area contributed by atoms with Crippen molar-refractivity contribution in [2.75, 3.05) is 0 Å². The van der Waals surface area contributed by atoms with Crippen molar-refractivity contribution < 1.29 is 4.57 Å². The third kappa shape index (κ3) is 7.25. The monoisotopic (exact) mass is 901 g/mol. The van der Waals surface area contributed by atoms with Crippen LogP contribution in [0.25, 0.3) is 67.5 Å². The van der Waals surface area contributed by atoms with Crippen molar-refractivity contribution in [3.8, 4) is 67.5 Å². The van der Waals surface area contributed by atoms with E-state index in [0.29, 0.717) is 17.5 Å². The van der Waals surface area contributed by atoms with E-state index in [9.17, 15) is 0 Å². The fourth-order valence-corrected chi connectivity index (χ4v) is 12.9. The highest BCUT2D eigenvalue weighted by molar-refractivity contribution is 7.85. The smallest absolute Gasteiger partial charge is 0.171 e. The van der Waals surface area contributed by atoms with Crippen LogP contribution in [0.4, 0.5) is 0 Å². The second-order valence-corrected chi connectivity index (χ2v) is 20.2. The standard InChI is InChI=1S/C64H44N3OP/c68-69(52-29-15-5-16-30-52,53-31-17-6-18-32-53)54-41-39-46(40-42-54)56-43-58-55-33-19-20-34-59(55)64(50-25-11-3-12-26-50,51-27-13-4-14-28-51)60(58)44-57(56)45-35-37-49(38-36-45)63-66-61(47-21-7-1-8-22-47)65-62(67-63)48-23-9-2-10-24-48/h1-44H. The lowest BCUT2D eigenvalue weighted by Crippen LogP contribution is -2.28. The van der Waals surface area contributed by atoms with E-state index in [1.54, 1.807) is 0 Å². The van der Waals surface area contributed by atoms with E-state index in [-0.39, 0.29) is 0 Å². The SMILES string of the molecule is O=P(c1ccccc1)(c1ccccc1)c1ccc(-c2cc3c(cc2-c2ccc(-c4nc(-c5ccccc5)nc(-c5ccccc5)n4)cc2)C(c2ccccc2)(c2ccccc2)c2ccccc2-3)cc1. The molecule has 0 amide bonds. The molecule has 0 bridgehead atoms. The molecule has 1 aliphatic rings. The Kier molecular flexibility index (Phi) is 10.7. The minimum atomic E-state index is -3.20. The molecular formula is C64H44N3OP. The summed E-state index contributed by atoms with van der Waals surface area (Å²) < 4.78 is 15.5. The highest BCUT2D eigenvalue weighted by atomic mass is 31.2. The first kappa shape index (κ1) is 41.8. The van der Waals surface area contributed by atoms with Crippen LogP contribution >= 0.6 is 7.14 Å². The van der Waals surface area contributed by atoms with Crippen molar-refractivity contribution in [3.05, 3.63) is 289 Å². The summed E-state index contributed by atoms with van der Waals surface area (Å²) in [7, 11) is -3.20. The number of rotatable bonds is 10. The third-order valence-electron chi connectivity index (χ3n) is 13.5. The first-order valence-corrected chi connectivity index (χ1v) is 25.0. The van der Waals surface area contributed by atoms with E-state index in [0.717, 1.165) is 54.9 Å². The molecule has 69 heavy (non-hydrogen) atoms. The lowest BCUT2D eigenvalue weighted by atomic mass is 9.67. The molecule has 0 aliphatic heterocycles. The molecule has 0 atom stereocenters. The normalized spacial score (nSPS) is 12.5. The molecule has 326 valence electrons. The van der Waals surface area contributed by atoms with Gasteiger partial charge in [0.05, 0.1) is 5.41 Å². The molecule has 0 spiro atoms. The van der Waals surface area contributed by atoms with Crippen molar-refractivity contribution >= 4 is 23.1 Å². The van der Waals surface area contributed by atoms with Crippen LogP contribution in [0.1, 0.15) is 22.3 Å². The van der Waals surface area contributed by atoms with Crippen LogP contribution in [-0.4, -0.2) is 15.0 Å². The van der Waals surface area contributed by atoms with Crippen LogP contribution in [0.15, 0.2) is 267 Å². The highest BCUT2D eigenvalue weighted by Crippen LogP contribution is 2.58. The van der Waals surface area contributed by atoms with Crippen LogP contribution in [0.2, 0.25) is 0 Å². The second-order valence-electron chi connectivity index (χ2n) is 17.4. The van der Waals surface area contributed by atoms with Gasteiger partial charge in [-0.25, -0.2) is 15.0 Å². The van der Waals surface area contributed by atoms with Gasteiger partial charge in [-0.2, -0.15) is 0 Å². The molecule has 0 N–H and O–H groups in total. The maximum absolute atomic E-state index is 15.5. The Morgan fingerprint density at radius 3 is 1.10 bits per heavy atom. The Morgan fingerprint density at radius 2 is 0.623 bits per heavy atom. The molecule has 5 heteroatoms. The summed E-state index contributed by atoms with van der Waals surface area (Å²) in [6.45, 7) is 0. The summed E-state index contributed by atoms with van der Waals surface area (Å²) in [6, 6.07) is 92.5. The Bertz CT molecular complexity index is 3500. The first-order valence-electron chi connectivity index (χ1n) is 23.3. The van der Waals surface area contributed by atoms with Crippen LogP contribution in [0.3, 0.4) is 0 Å². The third-order valence-corrected chi connectivity index (χ3v) is 16.6. The van der Waals surface area contributed by atoms with Gasteiger partial charge in [0.25, 0.3) is 0 Å². The topological polar surface area (TPSA) is 55.7 Å². The summed E-state index contributed by atoms with van der Waals surface area (Å²) in [5, 5.41) is 2.40. The van der Waals surface area contributed by atoms with Gasteiger partial charge in [-0.3, -0.25) is 0 Å². The van der Waals surface area contributed by atoms with Gasteiger partial charge < -0.3 is 4.57 Å². The molecule has 10 aromatic carbocycles. The van der Waals surface area contributed by atoms with Crippen molar-refractivity contribution in [3.63, 3.8) is 0 Å². The van der Waals surface area contributed by atoms with Gasteiger partial charge in [0.2, 0.25) is 0 Å². The van der Waals surface area contributed by atoms with E-state index < -0.39 is 12.6 Å². The van der Waals surface area contributed by atoms with Gasteiger partial charge in [0, 0.05) is 32.6 Å². The highest BCUT2D eigenvalue weighted by Gasteiger charge is 2.46. The average molecular weight is 902 g/mol. The first-order chi connectivity index (χ1) is 34.1. The molecule has 0 saturated heterocycles. The molecular weight excluding hydrogens is 858 g/mol. The molecule has 0 saturated carbocycles. The summed E-state index contributed by atoms with van der Waals surface area (Å²) >= 11 is 0. The molecule has 4 nitrogen and oxygen atoms in total. The summed E-state index contributed by atoms with van der Waals surface area (Å²) in [6.07, 6.45) is 0. The van der Waals surface area contributed by atoms with Crippen molar-refractivity contribution in [1.29, 1.82) is 0 Å². The number of hydrogen-bond acceptors (Lipinski definition) is 4. The molecule has 1 heterocycles. The van der Waals surface area contributed by atoms with E-state index in [2.05, 4.69) is 146 Å². The zero-order chi connectivity index (χ0) is 46.2. The quantitative estimate of drug-likeness (QED) is 0.128. The lowest BCUT2D eigenvalue weighted by Gasteiger charge is -2.34. The van der Waals surface area contributed by atoms with Crippen molar-refractivity contribution in [2.24, 2.45) is 0 Å². The van der Waals surface area contributed by atoms with Crippen LogP contribution in [0, 0.1) is 0 Å². The molecule has 12 rings (SSSR count). The maximum atomic E-state index is 15.5. The lowest BCUT2D eigenvalue weighted by molar-refractivity contribution is 0.592. The Balaban J connectivity index is 1.06. The van der Waals surface area contributed by atoms with Crippen molar-refractivity contribution in [1.82, 2.24) is 15.0 Å². The molecule has 0 fully saturated rings. The van der Waals surface area contributed by atoms with Crippen LogP contribution < -0.4 is 15.9 Å². The largest absolute Gasteiger partial charge is 0.309 e. The zero-order valence-corrected chi connectivity index (χ0v) is 38.5. The fraction of sp³-hybridized carbons (Fsp3) is 0.0156. The predicted octanol–water partition coefficient (Wildman–Crippen LogP) is 14.2. The number of aromatic nitrogens is 3. The summed E-state index contributed by atoms with van der Waals surface area (Å²) in [4.78, 5) is 15.0. The molecule has 11 aromatic rings. The summed E-state index contributed by atoms with van der Waals surface area (Å²) in [5.41, 5.74) is 13.6. The second kappa shape index (κ2) is 17.6. The molecule has 1 aromatic heterocycles. The molecule has 1 aliphatic carbocycles. The maximum Gasteiger partial charge on any atom is 0.171 e. The van der Waals surface area contributed by atoms with E-state index >= 15 is 4.57 Å². The number of hydrogen-bond donors (Lipinski definition) is 0. The number of benzene rings is 10. The predicted molar refractivity (Wildman–Crippen MR) is 284 cm³/mol. The van der Waals surface area contributed by atoms with Crippen LogP contribution in [-0.2, 0) is 9.98 Å².